The smallest absolute Gasteiger partial charge is 0.244 e. The molecule has 0 bridgehead atoms. The van der Waals surface area contributed by atoms with Gasteiger partial charge in [0.15, 0.2) is 0 Å². The molecule has 1 atom stereocenters. The highest BCUT2D eigenvalue weighted by Crippen LogP contribution is 2.32. The fraction of sp³-hybridized carbons (Fsp3) is 0.600. The number of hydrogen-bond donors (Lipinski definition) is 1. The van der Waals surface area contributed by atoms with Crippen LogP contribution in [0.5, 0.6) is 0 Å². The van der Waals surface area contributed by atoms with Crippen molar-refractivity contribution in [3.8, 4) is 0 Å². The van der Waals surface area contributed by atoms with Gasteiger partial charge in [0, 0.05) is 17.1 Å². The SMILES string of the molecule is Cc1cc(CO)cc(S(=O)(=O)N2CCCCCC2C)c1Br. The Kier molecular flexibility index (Phi) is 5.46. The van der Waals surface area contributed by atoms with Crippen LogP contribution >= 0.6 is 15.9 Å². The lowest BCUT2D eigenvalue weighted by molar-refractivity contribution is 0.281. The summed E-state index contributed by atoms with van der Waals surface area (Å²) in [6.45, 7) is 4.22. The number of aliphatic hydroxyl groups is 1. The number of rotatable bonds is 3. The third-order valence-corrected chi connectivity index (χ3v) is 7.39. The van der Waals surface area contributed by atoms with Crippen molar-refractivity contribution < 1.29 is 13.5 Å². The predicted octanol–water partition coefficient (Wildman–Crippen LogP) is 3.20. The van der Waals surface area contributed by atoms with Crippen LogP contribution in [-0.2, 0) is 16.6 Å². The molecule has 21 heavy (non-hydrogen) atoms. The summed E-state index contributed by atoms with van der Waals surface area (Å²) >= 11 is 3.40. The zero-order valence-corrected chi connectivity index (χ0v) is 14.9. The molecule has 0 aromatic heterocycles. The predicted molar refractivity (Wildman–Crippen MR) is 86.6 cm³/mol. The molecule has 6 heteroatoms. The van der Waals surface area contributed by atoms with Crippen LogP contribution in [0.2, 0.25) is 0 Å². The van der Waals surface area contributed by atoms with E-state index in [1.165, 1.54) is 0 Å². The van der Waals surface area contributed by atoms with E-state index >= 15 is 0 Å². The van der Waals surface area contributed by atoms with Crippen molar-refractivity contribution in [2.24, 2.45) is 0 Å². The second-order valence-electron chi connectivity index (χ2n) is 5.70. The van der Waals surface area contributed by atoms with Gasteiger partial charge in [-0.1, -0.05) is 18.9 Å². The first-order valence-electron chi connectivity index (χ1n) is 7.29. The van der Waals surface area contributed by atoms with Crippen molar-refractivity contribution in [3.05, 3.63) is 27.7 Å². The van der Waals surface area contributed by atoms with E-state index in [0.717, 1.165) is 31.2 Å². The number of nitrogens with zero attached hydrogens (tertiary/aromatic N) is 1. The molecule has 1 aliphatic heterocycles. The average molecular weight is 376 g/mol. The molecule has 0 spiro atoms. The van der Waals surface area contributed by atoms with Gasteiger partial charge in [0.2, 0.25) is 10.0 Å². The van der Waals surface area contributed by atoms with E-state index in [2.05, 4.69) is 15.9 Å². The molecule has 0 saturated carbocycles. The lowest BCUT2D eigenvalue weighted by Gasteiger charge is -2.27. The third-order valence-electron chi connectivity index (χ3n) is 4.04. The second kappa shape index (κ2) is 6.77. The van der Waals surface area contributed by atoms with Gasteiger partial charge in [-0.2, -0.15) is 4.31 Å². The maximum atomic E-state index is 13.0. The van der Waals surface area contributed by atoms with E-state index < -0.39 is 10.0 Å². The lowest BCUT2D eigenvalue weighted by Crippen LogP contribution is -2.38. The van der Waals surface area contributed by atoms with E-state index in [-0.39, 0.29) is 17.5 Å². The van der Waals surface area contributed by atoms with Gasteiger partial charge in [0.25, 0.3) is 0 Å². The first-order chi connectivity index (χ1) is 9.87. The number of aliphatic hydroxyl groups excluding tert-OH is 1. The third kappa shape index (κ3) is 3.50. The number of sulfonamides is 1. The molecule has 0 amide bonds. The standard InChI is InChI=1S/C15H22BrNO3S/c1-11-8-13(10-18)9-14(15(11)16)21(19,20)17-7-5-3-4-6-12(17)2/h8-9,12,18H,3-7,10H2,1-2H3. The maximum absolute atomic E-state index is 13.0. The van der Waals surface area contributed by atoms with E-state index in [0.29, 0.717) is 16.6 Å². The van der Waals surface area contributed by atoms with Gasteiger partial charge >= 0.3 is 0 Å². The minimum atomic E-state index is -3.54. The zero-order chi connectivity index (χ0) is 15.6. The van der Waals surface area contributed by atoms with Crippen LogP contribution in [0.4, 0.5) is 0 Å². The fourth-order valence-electron chi connectivity index (χ4n) is 2.82. The molecule has 118 valence electrons. The molecule has 1 N–H and O–H groups in total. The summed E-state index contributed by atoms with van der Waals surface area (Å²) in [6, 6.07) is 3.39. The molecule has 1 aliphatic rings. The topological polar surface area (TPSA) is 57.6 Å². The summed E-state index contributed by atoms with van der Waals surface area (Å²) < 4.78 is 28.2. The Labute approximate surface area is 135 Å². The van der Waals surface area contributed by atoms with Crippen molar-refractivity contribution in [3.63, 3.8) is 0 Å². The molecule has 0 aliphatic carbocycles. The van der Waals surface area contributed by atoms with Crippen LogP contribution in [0.25, 0.3) is 0 Å². The summed E-state index contributed by atoms with van der Waals surface area (Å²) in [4.78, 5) is 0.264. The normalized spacial score (nSPS) is 21.2. The van der Waals surface area contributed by atoms with E-state index in [4.69, 9.17) is 0 Å². The summed E-state index contributed by atoms with van der Waals surface area (Å²) in [7, 11) is -3.54. The largest absolute Gasteiger partial charge is 0.392 e. The van der Waals surface area contributed by atoms with Crippen molar-refractivity contribution in [2.75, 3.05) is 6.54 Å². The van der Waals surface area contributed by atoms with Crippen molar-refractivity contribution in [1.29, 1.82) is 0 Å². The Morgan fingerprint density at radius 1 is 1.33 bits per heavy atom. The number of benzene rings is 1. The molecule has 1 aromatic rings. The minimum Gasteiger partial charge on any atom is -0.392 e. The van der Waals surface area contributed by atoms with Crippen molar-refractivity contribution in [1.82, 2.24) is 4.31 Å². The monoisotopic (exact) mass is 375 g/mol. The summed E-state index contributed by atoms with van der Waals surface area (Å²) in [5.74, 6) is 0. The van der Waals surface area contributed by atoms with Gasteiger partial charge in [-0.25, -0.2) is 8.42 Å². The molecule has 0 radical (unpaired) electrons. The van der Waals surface area contributed by atoms with Crippen LogP contribution < -0.4 is 0 Å². The highest BCUT2D eigenvalue weighted by Gasteiger charge is 2.32. The van der Waals surface area contributed by atoms with Crippen molar-refractivity contribution >= 4 is 26.0 Å². The summed E-state index contributed by atoms with van der Waals surface area (Å²) in [5.41, 5.74) is 1.44. The Morgan fingerprint density at radius 2 is 2.05 bits per heavy atom. The van der Waals surface area contributed by atoms with E-state index in [1.54, 1.807) is 16.4 Å². The summed E-state index contributed by atoms with van der Waals surface area (Å²) in [6.07, 6.45) is 3.95. The molecule has 1 saturated heterocycles. The van der Waals surface area contributed by atoms with Crippen LogP contribution in [0.1, 0.15) is 43.7 Å². The van der Waals surface area contributed by atoms with Gasteiger partial charge in [-0.15, -0.1) is 0 Å². The van der Waals surface area contributed by atoms with Crippen LogP contribution in [0.15, 0.2) is 21.5 Å². The molecule has 1 heterocycles. The lowest BCUT2D eigenvalue weighted by atomic mass is 10.1. The van der Waals surface area contributed by atoms with Gasteiger partial charge in [0.05, 0.1) is 11.5 Å². The van der Waals surface area contributed by atoms with Crippen LogP contribution in [0, 0.1) is 6.92 Å². The highest BCUT2D eigenvalue weighted by atomic mass is 79.9. The Bertz CT molecular complexity index is 616. The highest BCUT2D eigenvalue weighted by molar-refractivity contribution is 9.10. The number of hydrogen-bond acceptors (Lipinski definition) is 3. The number of halogens is 1. The van der Waals surface area contributed by atoms with Crippen LogP contribution in [-0.4, -0.2) is 30.4 Å². The minimum absolute atomic E-state index is 0.0162. The molecule has 1 aromatic carbocycles. The second-order valence-corrected chi connectivity index (χ2v) is 8.35. The molecular formula is C15H22BrNO3S. The number of aryl methyl sites for hydroxylation is 1. The maximum Gasteiger partial charge on any atom is 0.244 e. The average Bonchev–Trinajstić information content (AvgIpc) is 2.66. The molecule has 2 rings (SSSR count). The fourth-order valence-corrected chi connectivity index (χ4v) is 5.55. The Hall–Kier alpha value is -0.430. The summed E-state index contributed by atoms with van der Waals surface area (Å²) in [5, 5.41) is 9.33. The molecular weight excluding hydrogens is 354 g/mol. The first kappa shape index (κ1) is 16.9. The molecule has 1 unspecified atom stereocenters. The molecule has 1 fully saturated rings. The Morgan fingerprint density at radius 3 is 2.71 bits per heavy atom. The van der Waals surface area contributed by atoms with Gasteiger partial charge < -0.3 is 5.11 Å². The Balaban J connectivity index is 2.50. The van der Waals surface area contributed by atoms with E-state index in [9.17, 15) is 13.5 Å². The van der Waals surface area contributed by atoms with Gasteiger partial charge in [-0.3, -0.25) is 0 Å². The molecule has 4 nitrogen and oxygen atoms in total. The van der Waals surface area contributed by atoms with E-state index in [1.807, 2.05) is 13.8 Å². The quantitative estimate of drug-likeness (QED) is 0.882. The van der Waals surface area contributed by atoms with Gasteiger partial charge in [-0.05, 0) is 59.8 Å². The van der Waals surface area contributed by atoms with Crippen LogP contribution in [0.3, 0.4) is 0 Å². The van der Waals surface area contributed by atoms with Crippen molar-refractivity contribution in [2.45, 2.75) is 57.1 Å². The van der Waals surface area contributed by atoms with Gasteiger partial charge in [0.1, 0.15) is 0 Å². The first-order valence-corrected chi connectivity index (χ1v) is 9.53. The zero-order valence-electron chi connectivity index (χ0n) is 12.5.